The second-order valence-corrected chi connectivity index (χ2v) is 5.77. The third-order valence-corrected chi connectivity index (χ3v) is 3.97. The molecule has 5 nitrogen and oxygen atoms in total. The maximum absolute atomic E-state index is 12.2. The van der Waals surface area contributed by atoms with Crippen molar-refractivity contribution in [3.8, 4) is 11.8 Å². The fourth-order valence-corrected chi connectivity index (χ4v) is 2.62. The number of aromatic nitrogens is 1. The maximum Gasteiger partial charge on any atom is 0.257 e. The predicted molar refractivity (Wildman–Crippen MR) is 92.0 cm³/mol. The fraction of sp³-hybridized carbons (Fsp3) is 0.0556. The standard InChI is InChI=1S/C18H13N3O2S/c19-11-14-4-1-2-5-15(14)12-23-16-7-3-6-13(10-16)17(22)21-18-20-8-9-24-18/h1-10H,12H2,(H,20,21,22). The van der Waals surface area contributed by atoms with Gasteiger partial charge in [-0.1, -0.05) is 24.3 Å². The van der Waals surface area contributed by atoms with Crippen molar-refractivity contribution in [3.05, 3.63) is 76.8 Å². The van der Waals surface area contributed by atoms with Crippen LogP contribution < -0.4 is 10.1 Å². The predicted octanol–water partition coefficient (Wildman–Crippen LogP) is 3.85. The number of ether oxygens (including phenoxy) is 1. The number of nitrogens with zero attached hydrogens (tertiary/aromatic N) is 2. The maximum atomic E-state index is 12.2. The quantitative estimate of drug-likeness (QED) is 0.768. The molecule has 3 aromatic rings. The molecule has 0 aliphatic carbocycles. The molecule has 3 rings (SSSR count). The number of hydrogen-bond donors (Lipinski definition) is 1. The molecular weight excluding hydrogens is 322 g/mol. The Morgan fingerprint density at radius 3 is 2.92 bits per heavy atom. The fourth-order valence-electron chi connectivity index (χ4n) is 2.10. The van der Waals surface area contributed by atoms with Crippen LogP contribution in [0.5, 0.6) is 5.75 Å². The van der Waals surface area contributed by atoms with Gasteiger partial charge in [-0.3, -0.25) is 10.1 Å². The van der Waals surface area contributed by atoms with E-state index in [0.717, 1.165) is 5.56 Å². The number of anilines is 1. The first-order valence-electron chi connectivity index (χ1n) is 7.18. The molecule has 1 N–H and O–H groups in total. The smallest absolute Gasteiger partial charge is 0.257 e. The van der Waals surface area contributed by atoms with Gasteiger partial charge in [0.2, 0.25) is 0 Å². The lowest BCUT2D eigenvalue weighted by Crippen LogP contribution is -2.11. The van der Waals surface area contributed by atoms with Crippen LogP contribution in [0, 0.1) is 11.3 Å². The molecule has 0 atom stereocenters. The summed E-state index contributed by atoms with van der Waals surface area (Å²) in [4.78, 5) is 16.2. The lowest BCUT2D eigenvalue weighted by molar-refractivity contribution is 0.102. The van der Waals surface area contributed by atoms with Crippen molar-refractivity contribution >= 4 is 22.4 Å². The van der Waals surface area contributed by atoms with Gasteiger partial charge in [-0.25, -0.2) is 4.98 Å². The molecule has 2 aromatic carbocycles. The molecule has 0 bridgehead atoms. The number of rotatable bonds is 5. The minimum atomic E-state index is -0.243. The molecule has 6 heteroatoms. The van der Waals surface area contributed by atoms with Crippen LogP contribution in [0.3, 0.4) is 0 Å². The first kappa shape index (κ1) is 15.7. The van der Waals surface area contributed by atoms with Crippen LogP contribution in [-0.4, -0.2) is 10.9 Å². The van der Waals surface area contributed by atoms with E-state index in [2.05, 4.69) is 16.4 Å². The van der Waals surface area contributed by atoms with E-state index in [1.165, 1.54) is 11.3 Å². The number of hydrogen-bond acceptors (Lipinski definition) is 5. The summed E-state index contributed by atoms with van der Waals surface area (Å²) in [6.07, 6.45) is 1.63. The Kier molecular flexibility index (Phi) is 4.84. The number of nitrogens with one attached hydrogen (secondary N) is 1. The van der Waals surface area contributed by atoms with Crippen LogP contribution in [0.4, 0.5) is 5.13 Å². The van der Waals surface area contributed by atoms with Crippen molar-refractivity contribution < 1.29 is 9.53 Å². The van der Waals surface area contributed by atoms with Gasteiger partial charge >= 0.3 is 0 Å². The van der Waals surface area contributed by atoms with Gasteiger partial charge in [0.15, 0.2) is 5.13 Å². The van der Waals surface area contributed by atoms with E-state index in [9.17, 15) is 4.79 Å². The third-order valence-electron chi connectivity index (χ3n) is 3.28. The molecule has 24 heavy (non-hydrogen) atoms. The van der Waals surface area contributed by atoms with E-state index < -0.39 is 0 Å². The summed E-state index contributed by atoms with van der Waals surface area (Å²) in [5.41, 5.74) is 1.86. The lowest BCUT2D eigenvalue weighted by atomic mass is 10.1. The summed E-state index contributed by atoms with van der Waals surface area (Å²) in [5.74, 6) is 0.322. The van der Waals surface area contributed by atoms with Gasteiger partial charge in [0, 0.05) is 22.7 Å². The van der Waals surface area contributed by atoms with Gasteiger partial charge in [-0.2, -0.15) is 5.26 Å². The first-order valence-corrected chi connectivity index (χ1v) is 8.06. The molecule has 0 unspecified atom stereocenters. The topological polar surface area (TPSA) is 75.0 Å². The van der Waals surface area contributed by atoms with Crippen molar-refractivity contribution in [2.24, 2.45) is 0 Å². The van der Waals surface area contributed by atoms with Crippen molar-refractivity contribution in [1.82, 2.24) is 4.98 Å². The lowest BCUT2D eigenvalue weighted by Gasteiger charge is -2.09. The van der Waals surface area contributed by atoms with E-state index in [1.807, 2.05) is 18.2 Å². The summed E-state index contributed by atoms with van der Waals surface area (Å²) >= 11 is 1.36. The van der Waals surface area contributed by atoms with E-state index in [0.29, 0.717) is 22.0 Å². The first-order chi connectivity index (χ1) is 11.8. The Bertz CT molecular complexity index is 885. The monoisotopic (exact) mass is 335 g/mol. The Hall–Kier alpha value is -3.17. The summed E-state index contributed by atoms with van der Waals surface area (Å²) in [7, 11) is 0. The molecule has 0 saturated heterocycles. The second kappa shape index (κ2) is 7.40. The normalized spacial score (nSPS) is 9.96. The zero-order valence-corrected chi connectivity index (χ0v) is 13.4. The average Bonchev–Trinajstić information content (AvgIpc) is 3.13. The van der Waals surface area contributed by atoms with E-state index >= 15 is 0 Å². The summed E-state index contributed by atoms with van der Waals surface area (Å²) in [6, 6.07) is 16.3. The number of nitriles is 1. The molecule has 118 valence electrons. The molecule has 1 heterocycles. The molecule has 0 saturated carbocycles. The van der Waals surface area contributed by atoms with Gasteiger partial charge in [-0.05, 0) is 24.3 Å². The van der Waals surface area contributed by atoms with Crippen molar-refractivity contribution in [1.29, 1.82) is 5.26 Å². The molecule has 0 aliphatic heterocycles. The second-order valence-electron chi connectivity index (χ2n) is 4.88. The summed E-state index contributed by atoms with van der Waals surface area (Å²) in [6.45, 7) is 0.265. The van der Waals surface area contributed by atoms with E-state index in [4.69, 9.17) is 10.00 Å². The molecule has 0 radical (unpaired) electrons. The number of benzene rings is 2. The summed E-state index contributed by atoms with van der Waals surface area (Å²) < 4.78 is 5.72. The van der Waals surface area contributed by atoms with E-state index in [1.54, 1.807) is 41.9 Å². The van der Waals surface area contributed by atoms with Crippen LogP contribution in [0.2, 0.25) is 0 Å². The molecule has 0 spiro atoms. The Morgan fingerprint density at radius 1 is 1.25 bits per heavy atom. The summed E-state index contributed by atoms with van der Waals surface area (Å²) in [5, 5.41) is 14.2. The SMILES string of the molecule is N#Cc1ccccc1COc1cccc(C(=O)Nc2nccs2)c1. The van der Waals surface area contributed by atoms with Gasteiger partial charge < -0.3 is 4.74 Å². The van der Waals surface area contributed by atoms with Crippen LogP contribution in [-0.2, 0) is 6.61 Å². The Morgan fingerprint density at radius 2 is 2.12 bits per heavy atom. The van der Waals surface area contributed by atoms with Gasteiger partial charge in [0.05, 0.1) is 11.6 Å². The van der Waals surface area contributed by atoms with Crippen LogP contribution >= 0.6 is 11.3 Å². The molecule has 0 fully saturated rings. The minimum Gasteiger partial charge on any atom is -0.489 e. The number of carbonyl (C=O) groups excluding carboxylic acids is 1. The van der Waals surface area contributed by atoms with Crippen molar-refractivity contribution in [2.75, 3.05) is 5.32 Å². The van der Waals surface area contributed by atoms with E-state index in [-0.39, 0.29) is 12.5 Å². The number of amides is 1. The molecule has 0 aliphatic rings. The minimum absolute atomic E-state index is 0.243. The van der Waals surface area contributed by atoms with Gasteiger partial charge in [-0.15, -0.1) is 11.3 Å². The van der Waals surface area contributed by atoms with Gasteiger partial charge in [0.1, 0.15) is 12.4 Å². The zero-order chi connectivity index (χ0) is 16.8. The zero-order valence-electron chi connectivity index (χ0n) is 12.6. The third kappa shape index (κ3) is 3.77. The Balaban J connectivity index is 1.69. The molecule has 1 aromatic heterocycles. The van der Waals surface area contributed by atoms with Gasteiger partial charge in [0.25, 0.3) is 5.91 Å². The van der Waals surface area contributed by atoms with Crippen LogP contribution in [0.1, 0.15) is 21.5 Å². The largest absolute Gasteiger partial charge is 0.489 e. The Labute approximate surface area is 143 Å². The molecule has 1 amide bonds. The highest BCUT2D eigenvalue weighted by molar-refractivity contribution is 7.13. The highest BCUT2D eigenvalue weighted by Crippen LogP contribution is 2.18. The number of carbonyl (C=O) groups is 1. The van der Waals surface area contributed by atoms with Crippen LogP contribution in [0.15, 0.2) is 60.1 Å². The molecular formula is C18H13N3O2S. The highest BCUT2D eigenvalue weighted by atomic mass is 32.1. The number of thiazole rings is 1. The van der Waals surface area contributed by atoms with Crippen molar-refractivity contribution in [3.63, 3.8) is 0 Å². The van der Waals surface area contributed by atoms with Crippen LogP contribution in [0.25, 0.3) is 0 Å². The highest BCUT2D eigenvalue weighted by Gasteiger charge is 2.09. The average molecular weight is 335 g/mol. The van der Waals surface area contributed by atoms with Crippen molar-refractivity contribution in [2.45, 2.75) is 6.61 Å².